The zero-order valence-electron chi connectivity index (χ0n) is 17.6. The summed E-state index contributed by atoms with van der Waals surface area (Å²) in [7, 11) is 0. The molecule has 0 bridgehead atoms. The summed E-state index contributed by atoms with van der Waals surface area (Å²) in [6.07, 6.45) is 2.81. The van der Waals surface area contributed by atoms with E-state index in [-0.39, 0.29) is 17.6 Å². The zero-order valence-corrected chi connectivity index (χ0v) is 18.4. The van der Waals surface area contributed by atoms with Gasteiger partial charge in [-0.1, -0.05) is 6.92 Å². The van der Waals surface area contributed by atoms with Crippen molar-refractivity contribution in [3.05, 3.63) is 26.6 Å². The molecule has 2 aromatic rings. The molecule has 158 valence electrons. The molecular formula is C21H28N2O5S. The average Bonchev–Trinajstić information content (AvgIpc) is 3.05. The van der Waals surface area contributed by atoms with Crippen molar-refractivity contribution in [2.24, 2.45) is 0 Å². The summed E-state index contributed by atoms with van der Waals surface area (Å²) in [5.41, 5.74) is 0.443. The minimum absolute atomic E-state index is 0.222. The lowest BCUT2D eigenvalue weighted by atomic mass is 9.86. The van der Waals surface area contributed by atoms with E-state index < -0.39 is 17.9 Å². The summed E-state index contributed by atoms with van der Waals surface area (Å²) < 4.78 is 12.1. The monoisotopic (exact) mass is 420 g/mol. The lowest BCUT2D eigenvalue weighted by molar-refractivity contribution is -0.152. The smallest absolute Gasteiger partial charge is 0.329 e. The number of fused-ring (bicyclic) bond motifs is 3. The lowest BCUT2D eigenvalue weighted by Crippen LogP contribution is -2.33. The zero-order chi connectivity index (χ0) is 21.3. The topological polar surface area (TPSA) is 87.5 Å². The number of carbonyl (C=O) groups excluding carboxylic acids is 2. The van der Waals surface area contributed by atoms with Gasteiger partial charge in [0.15, 0.2) is 0 Å². The Morgan fingerprint density at radius 1 is 1.31 bits per heavy atom. The van der Waals surface area contributed by atoms with Crippen molar-refractivity contribution in [2.45, 2.75) is 78.4 Å². The standard InChI is InChI=1S/C21H28N2O5S/c1-6-11(3)28-20(25)12(4)23-13(5)22-18-17(19(23)24)16-14(21(26)27-7-2)9-8-10-15(16)29-18/h11-12,14H,6-10H2,1-5H3. The highest BCUT2D eigenvalue weighted by Gasteiger charge is 2.34. The van der Waals surface area contributed by atoms with Gasteiger partial charge >= 0.3 is 11.9 Å². The van der Waals surface area contributed by atoms with Crippen LogP contribution in [0.15, 0.2) is 4.79 Å². The molecule has 3 unspecified atom stereocenters. The van der Waals surface area contributed by atoms with E-state index in [4.69, 9.17) is 9.47 Å². The Balaban J connectivity index is 2.13. The van der Waals surface area contributed by atoms with Crippen molar-refractivity contribution in [3.8, 4) is 0 Å². The predicted molar refractivity (Wildman–Crippen MR) is 111 cm³/mol. The molecule has 29 heavy (non-hydrogen) atoms. The second kappa shape index (κ2) is 8.65. The molecule has 2 aromatic heterocycles. The van der Waals surface area contributed by atoms with E-state index in [0.717, 1.165) is 23.3 Å². The molecule has 8 heteroatoms. The summed E-state index contributed by atoms with van der Waals surface area (Å²) in [4.78, 5) is 44.8. The summed E-state index contributed by atoms with van der Waals surface area (Å²) >= 11 is 1.46. The third-order valence-electron chi connectivity index (χ3n) is 5.49. The second-order valence-corrected chi connectivity index (χ2v) is 8.57. The lowest BCUT2D eigenvalue weighted by Gasteiger charge is -2.22. The molecule has 2 heterocycles. The Bertz CT molecular complexity index is 993. The normalized spacial score (nSPS) is 18.2. The first-order chi connectivity index (χ1) is 13.8. The first-order valence-corrected chi connectivity index (χ1v) is 11.0. The van der Waals surface area contributed by atoms with Gasteiger partial charge in [-0.25, -0.2) is 9.78 Å². The summed E-state index contributed by atoms with van der Waals surface area (Å²) in [5, 5.41) is 0.441. The molecule has 0 saturated carbocycles. The fraction of sp³-hybridized carbons (Fsp3) is 0.619. The first kappa shape index (κ1) is 21.5. The van der Waals surface area contributed by atoms with Gasteiger partial charge in [0.25, 0.3) is 5.56 Å². The van der Waals surface area contributed by atoms with Crippen LogP contribution >= 0.6 is 11.3 Å². The number of carbonyl (C=O) groups is 2. The van der Waals surface area contributed by atoms with E-state index in [1.807, 2.05) is 13.8 Å². The van der Waals surface area contributed by atoms with Gasteiger partial charge in [-0.3, -0.25) is 14.2 Å². The van der Waals surface area contributed by atoms with Crippen LogP contribution in [0, 0.1) is 6.92 Å². The van der Waals surface area contributed by atoms with Crippen LogP contribution in [0.3, 0.4) is 0 Å². The summed E-state index contributed by atoms with van der Waals surface area (Å²) in [6.45, 7) is 9.19. The van der Waals surface area contributed by atoms with Crippen LogP contribution in [0.4, 0.5) is 0 Å². The molecule has 3 rings (SSSR count). The van der Waals surface area contributed by atoms with Crippen molar-refractivity contribution in [3.63, 3.8) is 0 Å². The van der Waals surface area contributed by atoms with Crippen LogP contribution < -0.4 is 5.56 Å². The van der Waals surface area contributed by atoms with Gasteiger partial charge in [0, 0.05) is 4.88 Å². The molecule has 0 radical (unpaired) electrons. The molecule has 0 N–H and O–H groups in total. The molecule has 1 aliphatic carbocycles. The van der Waals surface area contributed by atoms with Crippen LogP contribution in [0.2, 0.25) is 0 Å². The maximum Gasteiger partial charge on any atom is 0.329 e. The number of rotatable bonds is 6. The van der Waals surface area contributed by atoms with Crippen molar-refractivity contribution in [1.29, 1.82) is 0 Å². The Morgan fingerprint density at radius 2 is 2.03 bits per heavy atom. The van der Waals surface area contributed by atoms with Crippen LogP contribution in [0.5, 0.6) is 0 Å². The number of hydrogen-bond donors (Lipinski definition) is 0. The number of esters is 2. The van der Waals surface area contributed by atoms with E-state index >= 15 is 0 Å². The van der Waals surface area contributed by atoms with Gasteiger partial charge in [-0.15, -0.1) is 11.3 Å². The van der Waals surface area contributed by atoms with Gasteiger partial charge in [-0.05, 0) is 58.9 Å². The molecule has 7 nitrogen and oxygen atoms in total. The highest BCUT2D eigenvalue weighted by Crippen LogP contribution is 2.41. The second-order valence-electron chi connectivity index (χ2n) is 7.48. The fourth-order valence-electron chi connectivity index (χ4n) is 3.82. The minimum Gasteiger partial charge on any atom is -0.466 e. The third-order valence-corrected chi connectivity index (χ3v) is 6.64. The van der Waals surface area contributed by atoms with Crippen LogP contribution in [0.25, 0.3) is 10.2 Å². The van der Waals surface area contributed by atoms with Crippen molar-refractivity contribution >= 4 is 33.5 Å². The van der Waals surface area contributed by atoms with Gasteiger partial charge in [0.1, 0.15) is 16.7 Å². The van der Waals surface area contributed by atoms with Crippen molar-refractivity contribution in [1.82, 2.24) is 9.55 Å². The Labute approximate surface area is 174 Å². The summed E-state index contributed by atoms with van der Waals surface area (Å²) in [5.74, 6) is -0.761. The van der Waals surface area contributed by atoms with Gasteiger partial charge in [0.2, 0.25) is 0 Å². The van der Waals surface area contributed by atoms with E-state index in [1.54, 1.807) is 20.8 Å². The van der Waals surface area contributed by atoms with E-state index in [0.29, 0.717) is 35.5 Å². The fourth-order valence-corrected chi connectivity index (χ4v) is 5.13. The quantitative estimate of drug-likeness (QED) is 0.663. The molecule has 0 aromatic carbocycles. The van der Waals surface area contributed by atoms with Crippen LogP contribution in [0.1, 0.15) is 75.2 Å². The van der Waals surface area contributed by atoms with Crippen LogP contribution in [-0.4, -0.2) is 34.2 Å². The van der Waals surface area contributed by atoms with E-state index in [2.05, 4.69) is 4.98 Å². The molecule has 1 aliphatic rings. The number of ether oxygens (including phenoxy) is 2. The Morgan fingerprint density at radius 3 is 2.69 bits per heavy atom. The Hall–Kier alpha value is -2.22. The first-order valence-electron chi connectivity index (χ1n) is 10.2. The van der Waals surface area contributed by atoms with Crippen LogP contribution in [-0.2, 0) is 25.5 Å². The van der Waals surface area contributed by atoms with E-state index in [9.17, 15) is 14.4 Å². The maximum absolute atomic E-state index is 13.5. The molecule has 3 atom stereocenters. The predicted octanol–water partition coefficient (Wildman–Crippen LogP) is 3.65. The number of nitrogens with zero attached hydrogens (tertiary/aromatic N) is 2. The number of thiophene rings is 1. The number of aromatic nitrogens is 2. The van der Waals surface area contributed by atoms with E-state index in [1.165, 1.54) is 15.9 Å². The highest BCUT2D eigenvalue weighted by atomic mass is 32.1. The maximum atomic E-state index is 13.5. The number of hydrogen-bond acceptors (Lipinski definition) is 7. The van der Waals surface area contributed by atoms with Gasteiger partial charge in [0.05, 0.1) is 24.0 Å². The minimum atomic E-state index is -0.798. The molecule has 0 saturated heterocycles. The molecule has 0 spiro atoms. The molecule has 0 fully saturated rings. The largest absolute Gasteiger partial charge is 0.466 e. The average molecular weight is 421 g/mol. The Kier molecular flexibility index (Phi) is 6.41. The molecular weight excluding hydrogens is 392 g/mol. The third kappa shape index (κ3) is 3.95. The highest BCUT2D eigenvalue weighted by molar-refractivity contribution is 7.18. The van der Waals surface area contributed by atoms with Crippen molar-refractivity contribution < 1.29 is 19.1 Å². The SMILES string of the molecule is CCOC(=O)C1CCCc2sc3nc(C)n(C(C)C(=O)OC(C)CC)c(=O)c3c21. The number of aryl methyl sites for hydroxylation is 2. The molecule has 0 amide bonds. The van der Waals surface area contributed by atoms with Crippen molar-refractivity contribution in [2.75, 3.05) is 6.61 Å². The summed E-state index contributed by atoms with van der Waals surface area (Å²) in [6, 6.07) is -0.798. The van der Waals surface area contributed by atoms with Gasteiger partial charge in [-0.2, -0.15) is 0 Å². The van der Waals surface area contributed by atoms with Gasteiger partial charge < -0.3 is 9.47 Å². The molecule has 0 aliphatic heterocycles.